The van der Waals surface area contributed by atoms with Gasteiger partial charge >= 0.3 is 0 Å². The fraction of sp³-hybridized carbons (Fsp3) is 0.588. The number of ketones is 1. The summed E-state index contributed by atoms with van der Waals surface area (Å²) in [6.45, 7) is 2.41. The second-order valence-electron chi connectivity index (χ2n) is 6.41. The van der Waals surface area contributed by atoms with Gasteiger partial charge in [-0.05, 0) is 49.8 Å². The van der Waals surface area contributed by atoms with Gasteiger partial charge in [-0.2, -0.15) is 0 Å². The quantitative estimate of drug-likeness (QED) is 0.769. The van der Waals surface area contributed by atoms with Crippen molar-refractivity contribution in [1.29, 1.82) is 0 Å². The van der Waals surface area contributed by atoms with Crippen LogP contribution in [-0.4, -0.2) is 29.8 Å². The Hall–Kier alpha value is -1.15. The van der Waals surface area contributed by atoms with Crippen LogP contribution < -0.4 is 0 Å². The highest BCUT2D eigenvalue weighted by molar-refractivity contribution is 5.84. The van der Waals surface area contributed by atoms with Gasteiger partial charge in [-0.25, -0.2) is 0 Å². The fourth-order valence-corrected chi connectivity index (χ4v) is 4.75. The number of nitrogens with zero attached hydrogens (tertiary/aromatic N) is 1. The van der Waals surface area contributed by atoms with Crippen LogP contribution in [0.4, 0.5) is 0 Å². The zero-order valence-corrected chi connectivity index (χ0v) is 11.3. The first-order chi connectivity index (χ1) is 9.34. The van der Waals surface area contributed by atoms with Crippen molar-refractivity contribution in [2.24, 2.45) is 11.8 Å². The van der Waals surface area contributed by atoms with Crippen molar-refractivity contribution in [2.75, 3.05) is 13.1 Å². The van der Waals surface area contributed by atoms with E-state index in [-0.39, 0.29) is 5.92 Å². The lowest BCUT2D eigenvalue weighted by molar-refractivity contribution is -0.130. The number of hydrogen-bond acceptors (Lipinski definition) is 2. The molecule has 19 heavy (non-hydrogen) atoms. The summed E-state index contributed by atoms with van der Waals surface area (Å²) < 4.78 is 0. The second kappa shape index (κ2) is 4.45. The van der Waals surface area contributed by atoms with E-state index in [0.717, 1.165) is 25.2 Å². The van der Waals surface area contributed by atoms with Crippen molar-refractivity contribution in [3.8, 4) is 0 Å². The number of piperidine rings is 1. The first-order valence-corrected chi connectivity index (χ1v) is 7.66. The molecule has 0 aromatic heterocycles. The van der Waals surface area contributed by atoms with E-state index in [1.165, 1.54) is 25.1 Å². The maximum absolute atomic E-state index is 12.5. The van der Waals surface area contributed by atoms with Crippen molar-refractivity contribution < 1.29 is 4.79 Å². The molecule has 1 aliphatic carbocycles. The molecule has 2 nitrogen and oxygen atoms in total. The standard InChI is InChI=1S/C17H21NO/c19-15-7-6-13-8-10-18-11-9-14(16(15)17(13)18)12-4-2-1-3-5-12/h1-5,13-14,16-17H,6-11H2. The molecular weight excluding hydrogens is 234 g/mol. The Morgan fingerprint density at radius 1 is 1.00 bits per heavy atom. The Morgan fingerprint density at radius 2 is 1.79 bits per heavy atom. The lowest BCUT2D eigenvalue weighted by atomic mass is 9.66. The highest BCUT2D eigenvalue weighted by Crippen LogP contribution is 2.48. The lowest BCUT2D eigenvalue weighted by Crippen LogP contribution is -2.52. The van der Waals surface area contributed by atoms with Crippen LogP contribution in [0.15, 0.2) is 30.3 Å². The SMILES string of the molecule is O=C1CCC2CCN3CCC(c4ccccc4)C1C23. The van der Waals surface area contributed by atoms with Crippen LogP contribution in [-0.2, 0) is 4.79 Å². The van der Waals surface area contributed by atoms with E-state index in [1.54, 1.807) is 0 Å². The van der Waals surface area contributed by atoms with E-state index in [0.29, 0.717) is 17.7 Å². The Bertz CT molecular complexity index is 477. The van der Waals surface area contributed by atoms with Gasteiger partial charge in [0.2, 0.25) is 0 Å². The molecule has 100 valence electrons. The van der Waals surface area contributed by atoms with E-state index in [2.05, 4.69) is 35.2 Å². The number of rotatable bonds is 1. The minimum absolute atomic E-state index is 0.275. The molecule has 0 N–H and O–H groups in total. The molecule has 1 saturated carbocycles. The van der Waals surface area contributed by atoms with Crippen molar-refractivity contribution in [3.63, 3.8) is 0 Å². The normalized spacial score (nSPS) is 38.2. The molecule has 0 spiro atoms. The minimum Gasteiger partial charge on any atom is -0.299 e. The van der Waals surface area contributed by atoms with E-state index in [9.17, 15) is 4.79 Å². The molecular formula is C17H21NO. The second-order valence-corrected chi connectivity index (χ2v) is 6.41. The number of carbonyl (C=O) groups is 1. The molecule has 2 saturated heterocycles. The van der Waals surface area contributed by atoms with Crippen molar-refractivity contribution >= 4 is 5.78 Å². The fourth-order valence-electron chi connectivity index (χ4n) is 4.75. The van der Waals surface area contributed by atoms with Gasteiger partial charge in [0, 0.05) is 18.4 Å². The van der Waals surface area contributed by atoms with Crippen LogP contribution in [0.5, 0.6) is 0 Å². The zero-order chi connectivity index (χ0) is 12.8. The van der Waals surface area contributed by atoms with Crippen LogP contribution in [0.25, 0.3) is 0 Å². The Labute approximate surface area is 114 Å². The zero-order valence-electron chi connectivity index (χ0n) is 11.3. The van der Waals surface area contributed by atoms with Crippen LogP contribution in [0.3, 0.4) is 0 Å². The molecule has 0 bridgehead atoms. The predicted molar refractivity (Wildman–Crippen MR) is 75.0 cm³/mol. The number of hydrogen-bond donors (Lipinski definition) is 0. The summed E-state index contributed by atoms with van der Waals surface area (Å²) >= 11 is 0. The summed E-state index contributed by atoms with van der Waals surface area (Å²) in [5, 5.41) is 0. The van der Waals surface area contributed by atoms with Gasteiger partial charge in [0.15, 0.2) is 0 Å². The third kappa shape index (κ3) is 1.77. The summed E-state index contributed by atoms with van der Waals surface area (Å²) in [6.07, 6.45) is 4.43. The summed E-state index contributed by atoms with van der Waals surface area (Å²) in [7, 11) is 0. The van der Waals surface area contributed by atoms with Crippen molar-refractivity contribution in [3.05, 3.63) is 35.9 Å². The predicted octanol–water partition coefficient (Wildman–Crippen LogP) is 2.84. The summed E-state index contributed by atoms with van der Waals surface area (Å²) in [5.41, 5.74) is 1.38. The summed E-state index contributed by atoms with van der Waals surface area (Å²) in [4.78, 5) is 15.1. The molecule has 1 aromatic rings. The van der Waals surface area contributed by atoms with Gasteiger partial charge in [0.05, 0.1) is 0 Å². The van der Waals surface area contributed by atoms with Crippen LogP contribution in [0.1, 0.15) is 37.2 Å². The Kier molecular flexibility index (Phi) is 2.73. The molecule has 2 heteroatoms. The number of benzene rings is 1. The molecule has 4 atom stereocenters. The van der Waals surface area contributed by atoms with E-state index >= 15 is 0 Å². The van der Waals surface area contributed by atoms with Crippen LogP contribution >= 0.6 is 0 Å². The maximum atomic E-state index is 12.5. The number of carbonyl (C=O) groups excluding carboxylic acids is 1. The molecule has 1 aromatic carbocycles. The van der Waals surface area contributed by atoms with Gasteiger partial charge in [0.25, 0.3) is 0 Å². The highest BCUT2D eigenvalue weighted by Gasteiger charge is 2.50. The Morgan fingerprint density at radius 3 is 2.63 bits per heavy atom. The van der Waals surface area contributed by atoms with Gasteiger partial charge in [0.1, 0.15) is 5.78 Å². The first-order valence-electron chi connectivity index (χ1n) is 7.66. The van der Waals surface area contributed by atoms with Gasteiger partial charge in [-0.15, -0.1) is 0 Å². The minimum atomic E-state index is 0.275. The van der Waals surface area contributed by atoms with Gasteiger partial charge < -0.3 is 0 Å². The average molecular weight is 255 g/mol. The third-order valence-corrected chi connectivity index (χ3v) is 5.58. The van der Waals surface area contributed by atoms with Gasteiger partial charge in [-0.3, -0.25) is 9.69 Å². The van der Waals surface area contributed by atoms with Crippen LogP contribution in [0, 0.1) is 11.8 Å². The molecule has 2 heterocycles. The molecule has 2 aliphatic heterocycles. The monoisotopic (exact) mass is 255 g/mol. The third-order valence-electron chi connectivity index (χ3n) is 5.58. The number of Topliss-reactive ketones (excluding diaryl/α,β-unsaturated/α-hetero) is 1. The molecule has 0 radical (unpaired) electrons. The van der Waals surface area contributed by atoms with Crippen molar-refractivity contribution in [1.82, 2.24) is 4.90 Å². The summed E-state index contributed by atoms with van der Waals surface area (Å²) in [6, 6.07) is 11.3. The largest absolute Gasteiger partial charge is 0.299 e. The highest BCUT2D eigenvalue weighted by atomic mass is 16.1. The smallest absolute Gasteiger partial charge is 0.138 e. The Balaban J connectivity index is 1.71. The molecule has 4 rings (SSSR count). The van der Waals surface area contributed by atoms with Crippen molar-refractivity contribution in [2.45, 2.75) is 37.6 Å². The molecule has 3 fully saturated rings. The molecule has 4 unspecified atom stereocenters. The first kappa shape index (κ1) is 11.7. The van der Waals surface area contributed by atoms with E-state index < -0.39 is 0 Å². The van der Waals surface area contributed by atoms with Gasteiger partial charge in [-0.1, -0.05) is 30.3 Å². The van der Waals surface area contributed by atoms with E-state index in [1.807, 2.05) is 0 Å². The molecule has 3 aliphatic rings. The maximum Gasteiger partial charge on any atom is 0.138 e. The average Bonchev–Trinajstić information content (AvgIpc) is 2.88. The lowest BCUT2D eigenvalue weighted by Gasteiger charge is -2.46. The topological polar surface area (TPSA) is 20.3 Å². The van der Waals surface area contributed by atoms with E-state index in [4.69, 9.17) is 0 Å². The summed E-state index contributed by atoms with van der Waals surface area (Å²) in [5.74, 6) is 2.06. The molecule has 0 amide bonds. The van der Waals surface area contributed by atoms with Crippen LogP contribution in [0.2, 0.25) is 0 Å².